The van der Waals surface area contributed by atoms with Crippen LogP contribution in [0.4, 0.5) is 0 Å². The van der Waals surface area contributed by atoms with Gasteiger partial charge >= 0.3 is 0 Å². The Hall–Kier alpha value is -2.21. The van der Waals surface area contributed by atoms with Gasteiger partial charge in [-0.1, -0.05) is 6.92 Å². The third-order valence-electron chi connectivity index (χ3n) is 2.83. The van der Waals surface area contributed by atoms with Crippen molar-refractivity contribution < 1.29 is 17.9 Å². The van der Waals surface area contributed by atoms with Gasteiger partial charge in [0.15, 0.2) is 15.6 Å². The van der Waals surface area contributed by atoms with Gasteiger partial charge in [-0.3, -0.25) is 4.79 Å². The van der Waals surface area contributed by atoms with Crippen molar-refractivity contribution in [1.29, 1.82) is 0 Å². The van der Waals surface area contributed by atoms with Crippen molar-refractivity contribution in [3.05, 3.63) is 48.3 Å². The summed E-state index contributed by atoms with van der Waals surface area (Å²) in [6.45, 7) is 1.78. The molecule has 0 unspecified atom stereocenters. The zero-order valence-corrected chi connectivity index (χ0v) is 12.6. The number of ether oxygens (including phenoxy) is 1. The Balaban J connectivity index is 2.13. The molecule has 0 saturated heterocycles. The molecule has 2 rings (SSSR count). The number of benzene rings is 1. The summed E-state index contributed by atoms with van der Waals surface area (Å²) in [4.78, 5) is 15.7. The van der Waals surface area contributed by atoms with Crippen molar-refractivity contribution in [2.75, 3.05) is 6.26 Å². The molecule has 0 aliphatic rings. The zero-order valence-electron chi connectivity index (χ0n) is 11.7. The number of nitrogens with zero attached hydrogens (tertiary/aromatic N) is 1. The Kier molecular flexibility index (Phi) is 4.37. The molecule has 1 heterocycles. The lowest BCUT2D eigenvalue weighted by molar-refractivity contribution is 0.0983. The van der Waals surface area contributed by atoms with E-state index >= 15 is 0 Å². The standard InChI is InChI=1S/C15H15NO4S/c1-3-15(17)14-9-6-12(10-16-14)20-11-4-7-13(8-5-11)21(2,18)19/h4-10H,3H2,1-2H3. The number of hydrogen-bond donors (Lipinski definition) is 0. The van der Waals surface area contributed by atoms with E-state index in [9.17, 15) is 13.2 Å². The Morgan fingerprint density at radius 1 is 1.10 bits per heavy atom. The number of rotatable bonds is 5. The fraction of sp³-hybridized carbons (Fsp3) is 0.200. The van der Waals surface area contributed by atoms with E-state index in [2.05, 4.69) is 4.98 Å². The van der Waals surface area contributed by atoms with E-state index in [4.69, 9.17) is 4.74 Å². The molecule has 21 heavy (non-hydrogen) atoms. The largest absolute Gasteiger partial charge is 0.456 e. The molecule has 0 bridgehead atoms. The van der Waals surface area contributed by atoms with Crippen LogP contribution in [0.5, 0.6) is 11.5 Å². The normalized spacial score (nSPS) is 11.1. The van der Waals surface area contributed by atoms with E-state index in [0.717, 1.165) is 6.26 Å². The highest BCUT2D eigenvalue weighted by Gasteiger charge is 2.08. The minimum atomic E-state index is -3.22. The fourth-order valence-electron chi connectivity index (χ4n) is 1.68. The number of hydrogen-bond acceptors (Lipinski definition) is 5. The topological polar surface area (TPSA) is 73.3 Å². The van der Waals surface area contributed by atoms with Gasteiger partial charge in [-0.05, 0) is 36.4 Å². The van der Waals surface area contributed by atoms with Gasteiger partial charge in [0.2, 0.25) is 0 Å². The van der Waals surface area contributed by atoms with E-state index in [1.54, 1.807) is 31.2 Å². The van der Waals surface area contributed by atoms with Crippen LogP contribution in [-0.4, -0.2) is 25.4 Å². The molecule has 0 aliphatic carbocycles. The van der Waals surface area contributed by atoms with Gasteiger partial charge in [-0.25, -0.2) is 13.4 Å². The highest BCUT2D eigenvalue weighted by atomic mass is 32.2. The number of pyridine rings is 1. The number of carbonyl (C=O) groups excluding carboxylic acids is 1. The smallest absolute Gasteiger partial charge is 0.180 e. The Labute approximate surface area is 123 Å². The Morgan fingerprint density at radius 3 is 2.19 bits per heavy atom. The molecule has 0 spiro atoms. The van der Waals surface area contributed by atoms with Gasteiger partial charge in [0.25, 0.3) is 0 Å². The van der Waals surface area contributed by atoms with Gasteiger partial charge < -0.3 is 4.74 Å². The molecule has 1 aromatic heterocycles. The molecule has 1 aromatic carbocycles. The van der Waals surface area contributed by atoms with Gasteiger partial charge in [0.1, 0.15) is 17.2 Å². The van der Waals surface area contributed by atoms with Gasteiger partial charge in [0.05, 0.1) is 11.1 Å². The number of sulfone groups is 1. The van der Waals surface area contributed by atoms with E-state index in [-0.39, 0.29) is 10.7 Å². The summed E-state index contributed by atoms with van der Waals surface area (Å²) >= 11 is 0. The first-order valence-electron chi connectivity index (χ1n) is 6.37. The van der Waals surface area contributed by atoms with E-state index in [1.807, 2.05) is 0 Å². The van der Waals surface area contributed by atoms with Crippen molar-refractivity contribution in [1.82, 2.24) is 4.98 Å². The second kappa shape index (κ2) is 6.05. The van der Waals surface area contributed by atoms with Crippen LogP contribution in [0.15, 0.2) is 47.5 Å². The third kappa shape index (κ3) is 3.88. The van der Waals surface area contributed by atoms with E-state index in [0.29, 0.717) is 23.6 Å². The molecule has 0 atom stereocenters. The molecule has 5 nitrogen and oxygen atoms in total. The molecule has 0 radical (unpaired) electrons. The molecule has 0 saturated carbocycles. The predicted octanol–water partition coefficient (Wildman–Crippen LogP) is 2.87. The lowest BCUT2D eigenvalue weighted by Crippen LogP contribution is -1.99. The van der Waals surface area contributed by atoms with Crippen LogP contribution in [0.1, 0.15) is 23.8 Å². The first-order chi connectivity index (χ1) is 9.90. The summed E-state index contributed by atoms with van der Waals surface area (Å²) in [6, 6.07) is 9.36. The van der Waals surface area contributed by atoms with Crippen LogP contribution < -0.4 is 4.74 Å². The molecule has 2 aromatic rings. The predicted molar refractivity (Wildman–Crippen MR) is 78.5 cm³/mol. The van der Waals surface area contributed by atoms with Crippen LogP contribution in [0.25, 0.3) is 0 Å². The number of carbonyl (C=O) groups is 1. The monoisotopic (exact) mass is 305 g/mol. The fourth-order valence-corrected chi connectivity index (χ4v) is 2.31. The van der Waals surface area contributed by atoms with Crippen LogP contribution in [0.2, 0.25) is 0 Å². The van der Waals surface area contributed by atoms with Gasteiger partial charge in [-0.2, -0.15) is 0 Å². The summed E-state index contributed by atoms with van der Waals surface area (Å²) < 4.78 is 28.2. The van der Waals surface area contributed by atoms with Crippen molar-refractivity contribution in [2.24, 2.45) is 0 Å². The van der Waals surface area contributed by atoms with Crippen molar-refractivity contribution >= 4 is 15.6 Å². The maximum absolute atomic E-state index is 11.5. The molecule has 0 N–H and O–H groups in total. The summed E-state index contributed by atoms with van der Waals surface area (Å²) in [7, 11) is -3.22. The van der Waals surface area contributed by atoms with Crippen molar-refractivity contribution in [2.45, 2.75) is 18.2 Å². The van der Waals surface area contributed by atoms with E-state index < -0.39 is 9.84 Å². The second-order valence-corrected chi connectivity index (χ2v) is 6.52. The average molecular weight is 305 g/mol. The lowest BCUT2D eigenvalue weighted by atomic mass is 10.2. The highest BCUT2D eigenvalue weighted by Crippen LogP contribution is 2.22. The molecule has 0 aliphatic heterocycles. The van der Waals surface area contributed by atoms with Crippen molar-refractivity contribution in [3.8, 4) is 11.5 Å². The third-order valence-corrected chi connectivity index (χ3v) is 3.96. The average Bonchev–Trinajstić information content (AvgIpc) is 2.47. The van der Waals surface area contributed by atoms with Crippen molar-refractivity contribution in [3.63, 3.8) is 0 Å². The van der Waals surface area contributed by atoms with Gasteiger partial charge in [0, 0.05) is 12.7 Å². The summed E-state index contributed by atoms with van der Waals surface area (Å²) in [5.74, 6) is 0.951. The van der Waals surface area contributed by atoms with Crippen LogP contribution in [0, 0.1) is 0 Å². The molecule has 6 heteroatoms. The minimum Gasteiger partial charge on any atom is -0.456 e. The van der Waals surface area contributed by atoms with E-state index in [1.165, 1.54) is 18.3 Å². The molecular weight excluding hydrogens is 290 g/mol. The molecule has 0 amide bonds. The maximum Gasteiger partial charge on any atom is 0.180 e. The van der Waals surface area contributed by atoms with Gasteiger partial charge in [-0.15, -0.1) is 0 Å². The zero-order chi connectivity index (χ0) is 15.5. The minimum absolute atomic E-state index is 0.0287. The molecule has 110 valence electrons. The quantitative estimate of drug-likeness (QED) is 0.794. The first-order valence-corrected chi connectivity index (χ1v) is 8.26. The molecular formula is C15H15NO4S. The molecule has 0 fully saturated rings. The number of ketones is 1. The first kappa shape index (κ1) is 15.2. The lowest BCUT2D eigenvalue weighted by Gasteiger charge is -2.06. The Morgan fingerprint density at radius 2 is 1.71 bits per heavy atom. The SMILES string of the molecule is CCC(=O)c1ccc(Oc2ccc(S(C)(=O)=O)cc2)cn1. The number of Topliss-reactive ketones (excluding diaryl/α,β-unsaturated/α-hetero) is 1. The second-order valence-electron chi connectivity index (χ2n) is 4.50. The van der Waals surface area contributed by atoms with Crippen LogP contribution in [-0.2, 0) is 9.84 Å². The summed E-state index contributed by atoms with van der Waals surface area (Å²) in [6.07, 6.45) is 3.02. The summed E-state index contributed by atoms with van der Waals surface area (Å²) in [5, 5.41) is 0. The highest BCUT2D eigenvalue weighted by molar-refractivity contribution is 7.90. The number of aromatic nitrogens is 1. The van der Waals surface area contributed by atoms with Crippen LogP contribution in [0.3, 0.4) is 0 Å². The van der Waals surface area contributed by atoms with Crippen LogP contribution >= 0.6 is 0 Å². The summed E-state index contributed by atoms with van der Waals surface area (Å²) in [5.41, 5.74) is 0.400. The maximum atomic E-state index is 11.5. The Bertz CT molecular complexity index is 734.